The zero-order valence-electron chi connectivity index (χ0n) is 9.03. The van der Waals surface area contributed by atoms with Gasteiger partial charge in [-0.3, -0.25) is 4.79 Å². The number of carbonyl (C=O) groups excluding carboxylic acids is 1. The van der Waals surface area contributed by atoms with E-state index < -0.39 is 0 Å². The van der Waals surface area contributed by atoms with Crippen LogP contribution in [0.1, 0.15) is 28.8 Å². The second-order valence-electron chi connectivity index (χ2n) is 3.98. The first kappa shape index (κ1) is 11.0. The van der Waals surface area contributed by atoms with Crippen LogP contribution in [0.4, 0.5) is 0 Å². The minimum atomic E-state index is -0.0212. The average Bonchev–Trinajstić information content (AvgIpc) is 3.10. The topological polar surface area (TPSA) is 20.3 Å². The summed E-state index contributed by atoms with van der Waals surface area (Å²) in [5.74, 6) is 2.48. The molecule has 0 bridgehead atoms. The Kier molecular flexibility index (Phi) is 2.89. The molecule has 0 saturated heterocycles. The fourth-order valence-corrected chi connectivity index (χ4v) is 1.81. The third-order valence-electron chi connectivity index (χ3n) is 2.78. The van der Waals surface area contributed by atoms with Gasteiger partial charge in [0.15, 0.2) is 0 Å². The van der Waals surface area contributed by atoms with E-state index in [0.29, 0.717) is 22.2 Å². The maximum Gasteiger partial charge on any atom is 0.255 e. The standard InChI is InChI=1S/C13H12ClNO/c1-3-9-8-10(14)4-7-12(9)13(16)15(2)11-5-6-11/h1,4,7-8,11H,5-6H2,2H3. The minimum absolute atomic E-state index is 0.0212. The maximum atomic E-state index is 12.1. The van der Waals surface area contributed by atoms with E-state index in [1.165, 1.54) is 0 Å². The molecule has 16 heavy (non-hydrogen) atoms. The number of hydrogen-bond donors (Lipinski definition) is 0. The molecule has 2 rings (SSSR count). The summed E-state index contributed by atoms with van der Waals surface area (Å²) >= 11 is 5.83. The molecule has 1 aromatic rings. The van der Waals surface area contributed by atoms with Gasteiger partial charge in [-0.05, 0) is 31.0 Å². The van der Waals surface area contributed by atoms with Crippen LogP contribution in [0.15, 0.2) is 18.2 Å². The van der Waals surface area contributed by atoms with Gasteiger partial charge in [0.25, 0.3) is 5.91 Å². The van der Waals surface area contributed by atoms with Crippen molar-refractivity contribution in [2.45, 2.75) is 18.9 Å². The van der Waals surface area contributed by atoms with Crippen molar-refractivity contribution in [1.82, 2.24) is 4.90 Å². The molecule has 1 aromatic carbocycles. The Morgan fingerprint density at radius 2 is 2.25 bits per heavy atom. The van der Waals surface area contributed by atoms with Gasteiger partial charge in [-0.25, -0.2) is 0 Å². The molecule has 0 unspecified atom stereocenters. The van der Waals surface area contributed by atoms with Crippen LogP contribution in [0.5, 0.6) is 0 Å². The van der Waals surface area contributed by atoms with Gasteiger partial charge in [0.05, 0.1) is 5.56 Å². The average molecular weight is 234 g/mol. The van der Waals surface area contributed by atoms with Crippen molar-refractivity contribution in [3.05, 3.63) is 34.3 Å². The third kappa shape index (κ3) is 2.05. The van der Waals surface area contributed by atoms with E-state index in [9.17, 15) is 4.79 Å². The lowest BCUT2D eigenvalue weighted by atomic mass is 10.1. The van der Waals surface area contributed by atoms with E-state index in [4.69, 9.17) is 18.0 Å². The van der Waals surface area contributed by atoms with E-state index in [1.54, 1.807) is 23.1 Å². The maximum absolute atomic E-state index is 12.1. The van der Waals surface area contributed by atoms with E-state index in [1.807, 2.05) is 7.05 Å². The predicted octanol–water partition coefficient (Wildman–Crippen LogP) is 2.56. The number of halogens is 1. The van der Waals surface area contributed by atoms with Crippen LogP contribution in [0.2, 0.25) is 5.02 Å². The number of hydrogen-bond acceptors (Lipinski definition) is 1. The van der Waals surface area contributed by atoms with Crippen LogP contribution >= 0.6 is 11.6 Å². The summed E-state index contributed by atoms with van der Waals surface area (Å²) in [6, 6.07) is 5.42. The molecular weight excluding hydrogens is 222 g/mol. The first-order valence-corrected chi connectivity index (χ1v) is 5.54. The molecule has 0 radical (unpaired) electrons. The fourth-order valence-electron chi connectivity index (χ4n) is 1.64. The number of benzene rings is 1. The van der Waals surface area contributed by atoms with Crippen LogP contribution < -0.4 is 0 Å². The second-order valence-corrected chi connectivity index (χ2v) is 4.42. The molecule has 0 spiro atoms. The number of rotatable bonds is 2. The molecular formula is C13H12ClNO. The van der Waals surface area contributed by atoms with Gasteiger partial charge in [0, 0.05) is 23.7 Å². The first-order valence-electron chi connectivity index (χ1n) is 5.17. The van der Waals surface area contributed by atoms with Crippen molar-refractivity contribution in [1.29, 1.82) is 0 Å². The molecule has 82 valence electrons. The summed E-state index contributed by atoms with van der Waals surface area (Å²) in [5.41, 5.74) is 1.12. The lowest BCUT2D eigenvalue weighted by Crippen LogP contribution is -2.29. The number of nitrogens with zero attached hydrogens (tertiary/aromatic N) is 1. The van der Waals surface area contributed by atoms with E-state index in [2.05, 4.69) is 5.92 Å². The Hall–Kier alpha value is -1.46. The largest absolute Gasteiger partial charge is 0.339 e. The highest BCUT2D eigenvalue weighted by atomic mass is 35.5. The Labute approximate surface area is 100 Å². The number of amides is 1. The van der Waals surface area contributed by atoms with Crippen LogP contribution in [0.25, 0.3) is 0 Å². The van der Waals surface area contributed by atoms with Gasteiger partial charge in [-0.1, -0.05) is 17.5 Å². The Morgan fingerprint density at radius 3 is 2.81 bits per heavy atom. The molecule has 1 fully saturated rings. The van der Waals surface area contributed by atoms with Crippen molar-refractivity contribution in [2.24, 2.45) is 0 Å². The molecule has 1 saturated carbocycles. The molecule has 3 heteroatoms. The molecule has 0 N–H and O–H groups in total. The molecule has 0 aliphatic heterocycles. The Bertz CT molecular complexity index is 471. The van der Waals surface area contributed by atoms with Gasteiger partial charge >= 0.3 is 0 Å². The lowest BCUT2D eigenvalue weighted by Gasteiger charge is -2.17. The third-order valence-corrected chi connectivity index (χ3v) is 3.02. The van der Waals surface area contributed by atoms with Crippen LogP contribution in [0.3, 0.4) is 0 Å². The molecule has 0 aromatic heterocycles. The van der Waals surface area contributed by atoms with Gasteiger partial charge in [-0.2, -0.15) is 0 Å². The van der Waals surface area contributed by atoms with Crippen LogP contribution in [-0.4, -0.2) is 23.9 Å². The fraction of sp³-hybridized carbons (Fsp3) is 0.308. The summed E-state index contributed by atoms with van der Waals surface area (Å²) in [5, 5.41) is 0.554. The molecule has 2 nitrogen and oxygen atoms in total. The first-order chi connectivity index (χ1) is 7.63. The molecule has 1 aliphatic carbocycles. The van der Waals surface area contributed by atoms with Crippen molar-refractivity contribution in [3.8, 4) is 12.3 Å². The highest BCUT2D eigenvalue weighted by Crippen LogP contribution is 2.27. The summed E-state index contributed by atoms with van der Waals surface area (Å²) in [6.45, 7) is 0. The molecule has 0 heterocycles. The monoisotopic (exact) mass is 233 g/mol. The normalized spacial score (nSPS) is 14.3. The van der Waals surface area contributed by atoms with E-state index >= 15 is 0 Å². The predicted molar refractivity (Wildman–Crippen MR) is 64.5 cm³/mol. The highest BCUT2D eigenvalue weighted by Gasteiger charge is 2.30. The Morgan fingerprint density at radius 1 is 1.56 bits per heavy atom. The zero-order valence-corrected chi connectivity index (χ0v) is 9.79. The molecule has 1 amide bonds. The molecule has 1 aliphatic rings. The van der Waals surface area contributed by atoms with Gasteiger partial charge in [0.1, 0.15) is 0 Å². The lowest BCUT2D eigenvalue weighted by molar-refractivity contribution is 0.0785. The smallest absolute Gasteiger partial charge is 0.255 e. The quantitative estimate of drug-likeness (QED) is 0.719. The van der Waals surface area contributed by atoms with Crippen LogP contribution in [0, 0.1) is 12.3 Å². The van der Waals surface area contributed by atoms with Gasteiger partial charge < -0.3 is 4.90 Å². The SMILES string of the molecule is C#Cc1cc(Cl)ccc1C(=O)N(C)C1CC1. The van der Waals surface area contributed by atoms with Crippen molar-refractivity contribution >= 4 is 17.5 Å². The van der Waals surface area contributed by atoms with Crippen molar-refractivity contribution in [2.75, 3.05) is 7.05 Å². The minimum Gasteiger partial charge on any atom is -0.339 e. The number of terminal acetylenes is 1. The Balaban J connectivity index is 2.32. The summed E-state index contributed by atoms with van der Waals surface area (Å²) in [4.78, 5) is 13.9. The van der Waals surface area contributed by atoms with Gasteiger partial charge in [-0.15, -0.1) is 6.42 Å². The van der Waals surface area contributed by atoms with Gasteiger partial charge in [0.2, 0.25) is 0 Å². The van der Waals surface area contributed by atoms with E-state index in [0.717, 1.165) is 12.8 Å². The summed E-state index contributed by atoms with van der Waals surface area (Å²) < 4.78 is 0. The summed E-state index contributed by atoms with van der Waals surface area (Å²) in [6.07, 6.45) is 7.54. The second kappa shape index (κ2) is 4.19. The highest BCUT2D eigenvalue weighted by molar-refractivity contribution is 6.30. The van der Waals surface area contributed by atoms with E-state index in [-0.39, 0.29) is 5.91 Å². The number of carbonyl (C=O) groups is 1. The van der Waals surface area contributed by atoms with Crippen molar-refractivity contribution < 1.29 is 4.79 Å². The molecule has 0 atom stereocenters. The zero-order chi connectivity index (χ0) is 11.7. The van der Waals surface area contributed by atoms with Crippen LogP contribution in [-0.2, 0) is 0 Å². The summed E-state index contributed by atoms with van der Waals surface area (Å²) in [7, 11) is 1.81. The van der Waals surface area contributed by atoms with Crippen molar-refractivity contribution in [3.63, 3.8) is 0 Å².